The second-order valence-electron chi connectivity index (χ2n) is 7.41. The maximum Gasteiger partial charge on any atom is 0.251 e. The van der Waals surface area contributed by atoms with Crippen LogP contribution in [0.3, 0.4) is 0 Å². The van der Waals surface area contributed by atoms with Gasteiger partial charge >= 0.3 is 0 Å². The van der Waals surface area contributed by atoms with E-state index in [1.807, 2.05) is 0 Å². The summed E-state index contributed by atoms with van der Waals surface area (Å²) in [7, 11) is 0. The smallest absolute Gasteiger partial charge is 0.251 e. The number of halogens is 1. The normalized spacial score (nSPS) is 28.1. The summed E-state index contributed by atoms with van der Waals surface area (Å²) in [4.78, 5) is 12.2. The third-order valence-corrected chi connectivity index (χ3v) is 4.42. The van der Waals surface area contributed by atoms with Crippen LogP contribution < -0.4 is 5.32 Å². The van der Waals surface area contributed by atoms with Crippen molar-refractivity contribution in [3.05, 3.63) is 34.9 Å². The van der Waals surface area contributed by atoms with Gasteiger partial charge in [-0.3, -0.25) is 4.79 Å². The standard InChI is InChI=1S/C17H24ClNO2/c1-16(2)8-14(20)9-17(3,10-16)11-19-15(21)12-5-4-6-13(18)7-12/h4-7,14,20H,8-11H2,1-3H3,(H,19,21)/t14-,17+/m1/s1. The quantitative estimate of drug-likeness (QED) is 0.895. The highest BCUT2D eigenvalue weighted by molar-refractivity contribution is 6.30. The van der Waals surface area contributed by atoms with E-state index in [0.717, 1.165) is 19.3 Å². The van der Waals surface area contributed by atoms with Gasteiger partial charge in [0.25, 0.3) is 5.91 Å². The second kappa shape index (κ2) is 5.98. The van der Waals surface area contributed by atoms with Crippen molar-refractivity contribution in [3.8, 4) is 0 Å². The van der Waals surface area contributed by atoms with Gasteiger partial charge in [0.2, 0.25) is 0 Å². The Bertz CT molecular complexity index is 529. The molecule has 0 unspecified atom stereocenters. The van der Waals surface area contributed by atoms with E-state index in [4.69, 9.17) is 11.6 Å². The molecule has 1 fully saturated rings. The van der Waals surface area contributed by atoms with E-state index >= 15 is 0 Å². The van der Waals surface area contributed by atoms with E-state index < -0.39 is 0 Å². The van der Waals surface area contributed by atoms with Crippen molar-refractivity contribution >= 4 is 17.5 Å². The fourth-order valence-corrected chi connectivity index (χ4v) is 3.93. The van der Waals surface area contributed by atoms with Gasteiger partial charge < -0.3 is 10.4 Å². The van der Waals surface area contributed by atoms with Crippen molar-refractivity contribution in [3.63, 3.8) is 0 Å². The zero-order chi connectivity index (χ0) is 15.7. The third kappa shape index (κ3) is 4.45. The molecule has 0 bridgehead atoms. The second-order valence-corrected chi connectivity index (χ2v) is 7.84. The van der Waals surface area contributed by atoms with Gasteiger partial charge in [0.05, 0.1) is 6.10 Å². The van der Waals surface area contributed by atoms with Crippen LogP contribution in [-0.2, 0) is 0 Å². The SMILES string of the molecule is CC1(C)C[C@@H](O)C[C@](C)(CNC(=O)c2cccc(Cl)c2)C1. The molecule has 1 saturated carbocycles. The number of nitrogens with one attached hydrogen (secondary N) is 1. The molecule has 21 heavy (non-hydrogen) atoms. The van der Waals surface area contributed by atoms with Gasteiger partial charge in [-0.2, -0.15) is 0 Å². The van der Waals surface area contributed by atoms with E-state index in [1.165, 1.54) is 0 Å². The van der Waals surface area contributed by atoms with Crippen molar-refractivity contribution in [1.82, 2.24) is 5.32 Å². The van der Waals surface area contributed by atoms with Gasteiger partial charge in [0.1, 0.15) is 0 Å². The Morgan fingerprint density at radius 2 is 2.10 bits per heavy atom. The van der Waals surface area contributed by atoms with Crippen molar-refractivity contribution in [2.45, 2.75) is 46.1 Å². The Hall–Kier alpha value is -1.06. The summed E-state index contributed by atoms with van der Waals surface area (Å²) >= 11 is 5.91. The summed E-state index contributed by atoms with van der Waals surface area (Å²) in [5, 5.41) is 13.6. The van der Waals surface area contributed by atoms with Crippen LogP contribution in [0.15, 0.2) is 24.3 Å². The minimum atomic E-state index is -0.290. The van der Waals surface area contributed by atoms with Crippen LogP contribution in [-0.4, -0.2) is 23.7 Å². The predicted molar refractivity (Wildman–Crippen MR) is 85.5 cm³/mol. The van der Waals surface area contributed by atoms with E-state index in [2.05, 4.69) is 26.1 Å². The van der Waals surface area contributed by atoms with Crippen molar-refractivity contribution in [2.75, 3.05) is 6.54 Å². The minimum Gasteiger partial charge on any atom is -0.393 e. The molecule has 4 heteroatoms. The van der Waals surface area contributed by atoms with Crippen LogP contribution in [0, 0.1) is 10.8 Å². The van der Waals surface area contributed by atoms with Crippen LogP contribution in [0.5, 0.6) is 0 Å². The van der Waals surface area contributed by atoms with Crippen LogP contribution in [0.4, 0.5) is 0 Å². The Kier molecular flexibility index (Phi) is 4.64. The molecule has 1 aliphatic rings. The summed E-state index contributed by atoms with van der Waals surface area (Å²) in [5.41, 5.74) is 0.601. The average Bonchev–Trinajstić information content (AvgIpc) is 2.33. The van der Waals surface area contributed by atoms with E-state index in [0.29, 0.717) is 17.1 Å². The zero-order valence-electron chi connectivity index (χ0n) is 12.9. The maximum atomic E-state index is 12.2. The van der Waals surface area contributed by atoms with Gasteiger partial charge in [-0.25, -0.2) is 0 Å². The molecular weight excluding hydrogens is 286 g/mol. The van der Waals surface area contributed by atoms with Crippen molar-refractivity contribution < 1.29 is 9.90 Å². The summed E-state index contributed by atoms with van der Waals surface area (Å²) in [5.74, 6) is -0.114. The first kappa shape index (κ1) is 16.3. The predicted octanol–water partition coefficient (Wildman–Crippen LogP) is 3.65. The van der Waals surface area contributed by atoms with Crippen LogP contribution in [0.2, 0.25) is 5.02 Å². The summed E-state index contributed by atoms with van der Waals surface area (Å²) in [6.07, 6.45) is 2.26. The van der Waals surface area contributed by atoms with E-state index in [1.54, 1.807) is 24.3 Å². The molecule has 0 spiro atoms. The van der Waals surface area contributed by atoms with Gasteiger partial charge in [0, 0.05) is 17.1 Å². The van der Waals surface area contributed by atoms with Crippen LogP contribution >= 0.6 is 11.6 Å². The summed E-state index contributed by atoms with van der Waals surface area (Å²) < 4.78 is 0. The first-order valence-corrected chi connectivity index (χ1v) is 7.79. The highest BCUT2D eigenvalue weighted by atomic mass is 35.5. The fraction of sp³-hybridized carbons (Fsp3) is 0.588. The van der Waals surface area contributed by atoms with Crippen molar-refractivity contribution in [1.29, 1.82) is 0 Å². The molecule has 1 aromatic rings. The number of aliphatic hydroxyl groups is 1. The molecule has 0 heterocycles. The molecule has 0 radical (unpaired) electrons. The van der Waals surface area contributed by atoms with Crippen LogP contribution in [0.25, 0.3) is 0 Å². The Balaban J connectivity index is 2.00. The van der Waals surface area contributed by atoms with Gasteiger partial charge in [-0.05, 0) is 48.3 Å². The average molecular weight is 310 g/mol. The number of rotatable bonds is 3. The lowest BCUT2D eigenvalue weighted by molar-refractivity contribution is -0.00839. The first-order chi connectivity index (χ1) is 9.69. The minimum absolute atomic E-state index is 0.0740. The third-order valence-electron chi connectivity index (χ3n) is 4.18. The monoisotopic (exact) mass is 309 g/mol. The topological polar surface area (TPSA) is 49.3 Å². The maximum absolute atomic E-state index is 12.2. The summed E-state index contributed by atoms with van der Waals surface area (Å²) in [6, 6.07) is 6.94. The highest BCUT2D eigenvalue weighted by Gasteiger charge is 2.40. The number of hydrogen-bond donors (Lipinski definition) is 2. The number of aliphatic hydroxyl groups excluding tert-OH is 1. The Morgan fingerprint density at radius 3 is 2.71 bits per heavy atom. The lowest BCUT2D eigenvalue weighted by atomic mass is 9.63. The van der Waals surface area contributed by atoms with Gasteiger partial charge in [0.15, 0.2) is 0 Å². The van der Waals surface area contributed by atoms with E-state index in [9.17, 15) is 9.90 Å². The molecule has 0 aliphatic heterocycles. The molecule has 116 valence electrons. The molecule has 2 atom stereocenters. The number of amides is 1. The van der Waals surface area contributed by atoms with E-state index in [-0.39, 0.29) is 22.8 Å². The molecule has 1 amide bonds. The fourth-order valence-electron chi connectivity index (χ4n) is 3.74. The molecule has 3 nitrogen and oxygen atoms in total. The Morgan fingerprint density at radius 1 is 1.38 bits per heavy atom. The lowest BCUT2D eigenvalue weighted by Gasteiger charge is -2.45. The van der Waals surface area contributed by atoms with Crippen molar-refractivity contribution in [2.24, 2.45) is 10.8 Å². The van der Waals surface area contributed by atoms with Crippen LogP contribution in [0.1, 0.15) is 50.4 Å². The number of benzene rings is 1. The number of carbonyl (C=O) groups excluding carboxylic acids is 1. The van der Waals surface area contributed by atoms with Gasteiger partial charge in [-0.15, -0.1) is 0 Å². The molecule has 1 aromatic carbocycles. The molecular formula is C17H24ClNO2. The molecule has 2 N–H and O–H groups in total. The largest absolute Gasteiger partial charge is 0.393 e. The molecule has 0 aromatic heterocycles. The summed E-state index contributed by atoms with van der Waals surface area (Å²) in [6.45, 7) is 7.05. The highest BCUT2D eigenvalue weighted by Crippen LogP contribution is 2.45. The molecule has 0 saturated heterocycles. The zero-order valence-corrected chi connectivity index (χ0v) is 13.7. The number of carbonyl (C=O) groups is 1. The Labute approximate surface area is 131 Å². The molecule has 2 rings (SSSR count). The van der Waals surface area contributed by atoms with Gasteiger partial charge in [-0.1, -0.05) is 38.4 Å². The molecule has 1 aliphatic carbocycles. The number of hydrogen-bond acceptors (Lipinski definition) is 2. The lowest BCUT2D eigenvalue weighted by Crippen LogP contribution is -2.45. The first-order valence-electron chi connectivity index (χ1n) is 7.41.